The maximum atomic E-state index is 13.0. The van der Waals surface area contributed by atoms with Crippen LogP contribution in [-0.2, 0) is 10.0 Å². The highest BCUT2D eigenvalue weighted by atomic mass is 32.2. The van der Waals surface area contributed by atoms with Crippen molar-refractivity contribution < 1.29 is 13.2 Å². The Kier molecular flexibility index (Phi) is 5.91. The van der Waals surface area contributed by atoms with Crippen LogP contribution in [0.3, 0.4) is 0 Å². The Morgan fingerprint density at radius 1 is 1.00 bits per heavy atom. The van der Waals surface area contributed by atoms with Crippen LogP contribution >= 0.6 is 0 Å². The topological polar surface area (TPSA) is 66.5 Å². The van der Waals surface area contributed by atoms with Gasteiger partial charge in [-0.1, -0.05) is 26.0 Å². The maximum Gasteiger partial charge on any atom is 0.255 e. The molecule has 150 valence electrons. The Bertz CT molecular complexity index is 958. The number of hydrogen-bond acceptors (Lipinski definition) is 3. The number of carbonyl (C=O) groups is 1. The molecular formula is C22H28N2O3S. The highest BCUT2D eigenvalue weighted by Crippen LogP contribution is 2.27. The molecule has 0 bridgehead atoms. The zero-order chi connectivity index (χ0) is 20.5. The largest absolute Gasteiger partial charge is 0.322 e. The number of rotatable bonds is 4. The van der Waals surface area contributed by atoms with Gasteiger partial charge in [0.2, 0.25) is 10.0 Å². The standard InChI is InChI=1S/C22H28N2O3S/c1-15-5-6-18(4)21(12-15)23-22(25)19-7-9-20(10-8-19)28(26,27)24-13-16(2)11-17(3)14-24/h5-10,12,16-17H,11,13-14H2,1-4H3,(H,23,25)/t16-,17-/m0/s1. The van der Waals surface area contributed by atoms with Crippen molar-refractivity contribution in [3.05, 3.63) is 59.2 Å². The van der Waals surface area contributed by atoms with E-state index in [1.54, 1.807) is 16.4 Å². The maximum absolute atomic E-state index is 13.0. The summed E-state index contributed by atoms with van der Waals surface area (Å²) in [4.78, 5) is 12.8. The SMILES string of the molecule is Cc1ccc(C)c(NC(=O)c2ccc(S(=O)(=O)N3C[C@@H](C)C[C@H](C)C3)cc2)c1. The van der Waals surface area contributed by atoms with E-state index in [-0.39, 0.29) is 10.8 Å². The first kappa shape index (κ1) is 20.6. The molecule has 6 heteroatoms. The van der Waals surface area contributed by atoms with Crippen LogP contribution in [0.4, 0.5) is 5.69 Å². The van der Waals surface area contributed by atoms with Gasteiger partial charge in [0, 0.05) is 24.3 Å². The van der Waals surface area contributed by atoms with Gasteiger partial charge in [0.1, 0.15) is 0 Å². The van der Waals surface area contributed by atoms with Crippen molar-refractivity contribution in [3.8, 4) is 0 Å². The van der Waals surface area contributed by atoms with E-state index in [2.05, 4.69) is 19.2 Å². The molecule has 1 amide bonds. The van der Waals surface area contributed by atoms with Crippen LogP contribution in [0, 0.1) is 25.7 Å². The van der Waals surface area contributed by atoms with Gasteiger partial charge >= 0.3 is 0 Å². The number of carbonyl (C=O) groups excluding carboxylic acids is 1. The van der Waals surface area contributed by atoms with Crippen LogP contribution in [0.5, 0.6) is 0 Å². The van der Waals surface area contributed by atoms with Crippen LogP contribution in [0.2, 0.25) is 0 Å². The second-order valence-electron chi connectivity index (χ2n) is 8.06. The van der Waals surface area contributed by atoms with Gasteiger partial charge in [-0.15, -0.1) is 0 Å². The molecule has 1 saturated heterocycles. The Hall–Kier alpha value is -2.18. The summed E-state index contributed by atoms with van der Waals surface area (Å²) in [5.41, 5.74) is 3.23. The van der Waals surface area contributed by atoms with E-state index in [4.69, 9.17) is 0 Å². The average molecular weight is 401 g/mol. The normalized spacial score (nSPS) is 20.7. The third kappa shape index (κ3) is 4.45. The predicted octanol–water partition coefficient (Wildman–Crippen LogP) is 4.22. The molecule has 0 saturated carbocycles. The van der Waals surface area contributed by atoms with Crippen molar-refractivity contribution in [2.75, 3.05) is 18.4 Å². The predicted molar refractivity (Wildman–Crippen MR) is 112 cm³/mol. The minimum atomic E-state index is -3.54. The highest BCUT2D eigenvalue weighted by Gasteiger charge is 2.31. The van der Waals surface area contributed by atoms with Gasteiger partial charge < -0.3 is 5.32 Å². The fourth-order valence-corrected chi connectivity index (χ4v) is 5.47. The quantitative estimate of drug-likeness (QED) is 0.835. The van der Waals surface area contributed by atoms with Gasteiger partial charge in [0.25, 0.3) is 5.91 Å². The summed E-state index contributed by atoms with van der Waals surface area (Å²) >= 11 is 0. The Morgan fingerprint density at radius 2 is 1.61 bits per heavy atom. The van der Waals surface area contributed by atoms with Gasteiger partial charge in [-0.3, -0.25) is 4.79 Å². The molecule has 0 unspecified atom stereocenters. The van der Waals surface area contributed by atoms with Crippen LogP contribution in [-0.4, -0.2) is 31.7 Å². The Labute approximate surface area is 167 Å². The Balaban J connectivity index is 1.77. The molecule has 0 aromatic heterocycles. The fraction of sp³-hybridized carbons (Fsp3) is 0.409. The molecule has 28 heavy (non-hydrogen) atoms. The van der Waals surface area contributed by atoms with E-state index >= 15 is 0 Å². The monoisotopic (exact) mass is 400 g/mol. The van der Waals surface area contributed by atoms with Gasteiger partial charge in [-0.05, 0) is 73.6 Å². The molecule has 0 radical (unpaired) electrons. The lowest BCUT2D eigenvalue weighted by Crippen LogP contribution is -2.42. The lowest BCUT2D eigenvalue weighted by Gasteiger charge is -2.34. The molecule has 1 aliphatic rings. The first-order valence-electron chi connectivity index (χ1n) is 9.65. The van der Waals surface area contributed by atoms with Crippen molar-refractivity contribution >= 4 is 21.6 Å². The van der Waals surface area contributed by atoms with Crippen LogP contribution in [0.1, 0.15) is 41.8 Å². The third-order valence-electron chi connectivity index (χ3n) is 5.23. The third-order valence-corrected chi connectivity index (χ3v) is 7.08. The summed E-state index contributed by atoms with van der Waals surface area (Å²) in [6.45, 7) is 9.16. The van der Waals surface area contributed by atoms with E-state index in [0.717, 1.165) is 23.2 Å². The number of sulfonamides is 1. The molecule has 5 nitrogen and oxygen atoms in total. The summed E-state index contributed by atoms with van der Waals surface area (Å²) in [7, 11) is -3.54. The zero-order valence-corrected chi connectivity index (χ0v) is 17.7. The summed E-state index contributed by atoms with van der Waals surface area (Å²) < 4.78 is 27.5. The van der Waals surface area contributed by atoms with E-state index in [9.17, 15) is 13.2 Å². The van der Waals surface area contributed by atoms with Gasteiger partial charge in [0.05, 0.1) is 4.90 Å². The van der Waals surface area contributed by atoms with E-state index < -0.39 is 10.0 Å². The number of hydrogen-bond donors (Lipinski definition) is 1. The van der Waals surface area contributed by atoms with Gasteiger partial charge in [-0.25, -0.2) is 8.42 Å². The number of benzene rings is 2. The molecule has 0 aliphatic carbocycles. The van der Waals surface area contributed by atoms with E-state index in [0.29, 0.717) is 30.5 Å². The number of amides is 1. The Morgan fingerprint density at radius 3 is 2.21 bits per heavy atom. The van der Waals surface area contributed by atoms with Crippen LogP contribution in [0.15, 0.2) is 47.4 Å². The summed E-state index contributed by atoms with van der Waals surface area (Å²) in [5.74, 6) is 0.445. The number of anilines is 1. The fourth-order valence-electron chi connectivity index (χ4n) is 3.79. The van der Waals surface area contributed by atoms with Crippen molar-refractivity contribution in [1.29, 1.82) is 0 Å². The zero-order valence-electron chi connectivity index (χ0n) is 16.9. The molecular weight excluding hydrogens is 372 g/mol. The molecule has 2 aromatic rings. The second-order valence-corrected chi connectivity index (χ2v) is 10.0. The minimum absolute atomic E-state index is 0.233. The molecule has 0 spiro atoms. The molecule has 2 atom stereocenters. The molecule has 1 aliphatic heterocycles. The van der Waals surface area contributed by atoms with Crippen molar-refractivity contribution in [1.82, 2.24) is 4.31 Å². The molecule has 1 fully saturated rings. The number of nitrogens with zero attached hydrogens (tertiary/aromatic N) is 1. The molecule has 2 aromatic carbocycles. The van der Waals surface area contributed by atoms with Crippen molar-refractivity contribution in [3.63, 3.8) is 0 Å². The van der Waals surface area contributed by atoms with Gasteiger partial charge in [-0.2, -0.15) is 4.31 Å². The number of nitrogens with one attached hydrogen (secondary N) is 1. The first-order chi connectivity index (χ1) is 13.2. The smallest absolute Gasteiger partial charge is 0.255 e. The van der Waals surface area contributed by atoms with Crippen LogP contribution < -0.4 is 5.32 Å². The second kappa shape index (κ2) is 8.05. The van der Waals surface area contributed by atoms with E-state index in [1.807, 2.05) is 32.0 Å². The molecule has 1 N–H and O–H groups in total. The minimum Gasteiger partial charge on any atom is -0.322 e. The van der Waals surface area contributed by atoms with Gasteiger partial charge in [0.15, 0.2) is 0 Å². The number of piperidine rings is 1. The first-order valence-corrected chi connectivity index (χ1v) is 11.1. The molecule has 3 rings (SSSR count). The average Bonchev–Trinajstić information content (AvgIpc) is 2.64. The van der Waals surface area contributed by atoms with E-state index in [1.165, 1.54) is 12.1 Å². The number of aryl methyl sites for hydroxylation is 2. The molecule has 1 heterocycles. The highest BCUT2D eigenvalue weighted by molar-refractivity contribution is 7.89. The van der Waals surface area contributed by atoms with Crippen molar-refractivity contribution in [2.24, 2.45) is 11.8 Å². The lowest BCUT2D eigenvalue weighted by atomic mass is 9.94. The summed E-state index contributed by atoms with van der Waals surface area (Å²) in [6.07, 6.45) is 1.05. The summed E-state index contributed by atoms with van der Waals surface area (Å²) in [5, 5.41) is 2.90. The lowest BCUT2D eigenvalue weighted by molar-refractivity contribution is 0.102. The summed E-state index contributed by atoms with van der Waals surface area (Å²) in [6, 6.07) is 12.1. The van der Waals surface area contributed by atoms with Crippen LogP contribution in [0.25, 0.3) is 0 Å². The van der Waals surface area contributed by atoms with Crippen molar-refractivity contribution in [2.45, 2.75) is 39.0 Å².